The van der Waals surface area contributed by atoms with Crippen molar-refractivity contribution in [2.24, 2.45) is 0 Å². The number of nitrogens with zero attached hydrogens (tertiary/aromatic N) is 2. The van der Waals surface area contributed by atoms with E-state index < -0.39 is 15.9 Å². The number of anilines is 2. The summed E-state index contributed by atoms with van der Waals surface area (Å²) in [4.78, 5) is 17.9. The van der Waals surface area contributed by atoms with Gasteiger partial charge in [0.25, 0.3) is 10.0 Å². The zero-order valence-corrected chi connectivity index (χ0v) is 23.9. The third kappa shape index (κ3) is 5.65. The monoisotopic (exact) mass is 605 g/mol. The van der Waals surface area contributed by atoms with Gasteiger partial charge in [-0.05, 0) is 92.2 Å². The molecular formula is C29H24BrN3O3S2. The number of benzene rings is 4. The Labute approximate surface area is 234 Å². The first-order valence-corrected chi connectivity index (χ1v) is 14.9. The van der Waals surface area contributed by atoms with Gasteiger partial charge in [0.1, 0.15) is 11.6 Å². The van der Waals surface area contributed by atoms with Crippen molar-refractivity contribution in [3.05, 3.63) is 107 Å². The fourth-order valence-electron chi connectivity index (χ4n) is 3.94. The molecule has 0 fully saturated rings. The van der Waals surface area contributed by atoms with Crippen molar-refractivity contribution in [2.45, 2.75) is 18.7 Å². The molecule has 9 heteroatoms. The molecular weight excluding hydrogens is 582 g/mol. The third-order valence-electron chi connectivity index (χ3n) is 5.97. The highest BCUT2D eigenvalue weighted by Gasteiger charge is 2.27. The Hall–Kier alpha value is -3.53. The number of amides is 1. The lowest BCUT2D eigenvalue weighted by Crippen LogP contribution is -2.38. The summed E-state index contributed by atoms with van der Waals surface area (Å²) >= 11 is 5.00. The molecule has 0 aliphatic rings. The number of carbonyl (C=O) groups excluding carboxylic acids is 1. The number of aromatic nitrogens is 1. The van der Waals surface area contributed by atoms with Crippen molar-refractivity contribution >= 4 is 64.8 Å². The maximum absolute atomic E-state index is 13.5. The molecule has 38 heavy (non-hydrogen) atoms. The van der Waals surface area contributed by atoms with E-state index in [1.54, 1.807) is 72.0 Å². The number of hydrogen-bond donors (Lipinski definition) is 1. The number of carbonyl (C=O) groups is 1. The molecule has 4 aromatic carbocycles. The van der Waals surface area contributed by atoms with Crippen molar-refractivity contribution in [3.63, 3.8) is 0 Å². The number of sulfonamides is 1. The van der Waals surface area contributed by atoms with E-state index in [9.17, 15) is 13.2 Å². The van der Waals surface area contributed by atoms with Gasteiger partial charge in [-0.15, -0.1) is 11.3 Å². The average molecular weight is 607 g/mol. The van der Waals surface area contributed by atoms with Crippen LogP contribution in [0.25, 0.3) is 20.8 Å². The van der Waals surface area contributed by atoms with Crippen molar-refractivity contribution in [1.82, 2.24) is 4.98 Å². The summed E-state index contributed by atoms with van der Waals surface area (Å²) in [5.74, 6) is -0.452. The maximum atomic E-state index is 13.5. The Morgan fingerprint density at radius 3 is 2.24 bits per heavy atom. The standard InChI is InChI=1S/C29H24BrN3O3S2/c1-19-3-14-25(15-4-19)38(35,36)33(24-12-8-22(30)9-13-24)18-28(34)31-23-10-6-21(7-11-23)29-32-26-16-5-20(2)17-27(26)37-29/h3-17H,18H2,1-2H3,(H,31,34). The van der Waals surface area contributed by atoms with Gasteiger partial charge in [-0.2, -0.15) is 0 Å². The Kier molecular flexibility index (Phi) is 7.34. The molecule has 0 saturated carbocycles. The van der Waals surface area contributed by atoms with Gasteiger partial charge < -0.3 is 5.32 Å². The maximum Gasteiger partial charge on any atom is 0.264 e. The molecule has 0 aliphatic carbocycles. The second kappa shape index (κ2) is 10.7. The van der Waals surface area contributed by atoms with Crippen LogP contribution in [0.2, 0.25) is 0 Å². The van der Waals surface area contributed by atoms with Crippen molar-refractivity contribution in [1.29, 1.82) is 0 Å². The highest BCUT2D eigenvalue weighted by atomic mass is 79.9. The summed E-state index contributed by atoms with van der Waals surface area (Å²) in [5.41, 5.74) is 4.99. The topological polar surface area (TPSA) is 79.4 Å². The number of aryl methyl sites for hydroxylation is 2. The number of nitrogens with one attached hydrogen (secondary N) is 1. The summed E-state index contributed by atoms with van der Waals surface area (Å²) in [5, 5.41) is 3.72. The van der Waals surface area contributed by atoms with Gasteiger partial charge in [0.2, 0.25) is 5.91 Å². The Morgan fingerprint density at radius 2 is 1.55 bits per heavy atom. The smallest absolute Gasteiger partial charge is 0.264 e. The van der Waals surface area contributed by atoms with E-state index in [2.05, 4.69) is 34.2 Å². The molecule has 0 radical (unpaired) electrons. The van der Waals surface area contributed by atoms with Gasteiger partial charge in [-0.25, -0.2) is 13.4 Å². The minimum absolute atomic E-state index is 0.120. The minimum Gasteiger partial charge on any atom is -0.325 e. The lowest BCUT2D eigenvalue weighted by atomic mass is 10.2. The molecule has 0 bridgehead atoms. The van der Waals surface area contributed by atoms with Crippen LogP contribution in [0.15, 0.2) is 100 Å². The zero-order chi connectivity index (χ0) is 26.9. The number of hydrogen-bond acceptors (Lipinski definition) is 5. The van der Waals surface area contributed by atoms with Gasteiger partial charge in [0, 0.05) is 15.7 Å². The molecule has 6 nitrogen and oxygen atoms in total. The van der Waals surface area contributed by atoms with Crippen LogP contribution in [0.1, 0.15) is 11.1 Å². The first-order chi connectivity index (χ1) is 18.2. The summed E-state index contributed by atoms with van der Waals surface area (Å²) < 4.78 is 30.1. The second-order valence-corrected chi connectivity index (χ2v) is 12.7. The van der Waals surface area contributed by atoms with Crippen LogP contribution in [-0.4, -0.2) is 25.9 Å². The first kappa shape index (κ1) is 26.1. The summed E-state index contributed by atoms with van der Waals surface area (Å²) in [7, 11) is -3.98. The van der Waals surface area contributed by atoms with Crippen LogP contribution in [0.5, 0.6) is 0 Å². The van der Waals surface area contributed by atoms with E-state index in [4.69, 9.17) is 4.98 Å². The summed E-state index contributed by atoms with van der Waals surface area (Å²) in [6.45, 7) is 3.57. The van der Waals surface area contributed by atoms with E-state index in [0.29, 0.717) is 11.4 Å². The molecule has 192 valence electrons. The van der Waals surface area contributed by atoms with Crippen LogP contribution in [0.3, 0.4) is 0 Å². The molecule has 0 unspecified atom stereocenters. The quantitative estimate of drug-likeness (QED) is 0.213. The van der Waals surface area contributed by atoms with Gasteiger partial charge in [-0.3, -0.25) is 9.10 Å². The largest absolute Gasteiger partial charge is 0.325 e. The predicted octanol–water partition coefficient (Wildman–Crippen LogP) is 7.18. The van der Waals surface area contributed by atoms with Crippen LogP contribution >= 0.6 is 27.3 Å². The minimum atomic E-state index is -3.98. The first-order valence-electron chi connectivity index (χ1n) is 11.8. The van der Waals surface area contributed by atoms with Gasteiger partial charge >= 0.3 is 0 Å². The fraction of sp³-hybridized carbons (Fsp3) is 0.103. The predicted molar refractivity (Wildman–Crippen MR) is 158 cm³/mol. The molecule has 1 aromatic heterocycles. The Bertz CT molecular complexity index is 1710. The molecule has 0 aliphatic heterocycles. The molecule has 5 rings (SSSR count). The fourth-order valence-corrected chi connectivity index (χ4v) is 6.70. The highest BCUT2D eigenvalue weighted by molar-refractivity contribution is 9.10. The average Bonchev–Trinajstić information content (AvgIpc) is 3.32. The zero-order valence-electron chi connectivity index (χ0n) is 20.7. The number of thiazole rings is 1. The second-order valence-electron chi connectivity index (χ2n) is 8.92. The Morgan fingerprint density at radius 1 is 0.895 bits per heavy atom. The lowest BCUT2D eigenvalue weighted by molar-refractivity contribution is -0.114. The van der Waals surface area contributed by atoms with Gasteiger partial charge in [0.15, 0.2) is 0 Å². The van der Waals surface area contributed by atoms with E-state index in [0.717, 1.165) is 35.1 Å². The highest BCUT2D eigenvalue weighted by Crippen LogP contribution is 2.31. The normalized spacial score (nSPS) is 11.4. The van der Waals surface area contributed by atoms with E-state index in [1.165, 1.54) is 5.56 Å². The summed E-state index contributed by atoms with van der Waals surface area (Å²) in [6, 6.07) is 27.0. The van der Waals surface area contributed by atoms with E-state index in [1.807, 2.05) is 31.2 Å². The van der Waals surface area contributed by atoms with E-state index in [-0.39, 0.29) is 11.4 Å². The van der Waals surface area contributed by atoms with Crippen LogP contribution in [0, 0.1) is 13.8 Å². The van der Waals surface area contributed by atoms with Crippen molar-refractivity contribution in [2.75, 3.05) is 16.2 Å². The van der Waals surface area contributed by atoms with Gasteiger partial charge in [0.05, 0.1) is 20.8 Å². The Balaban J connectivity index is 1.36. The molecule has 0 spiro atoms. The molecule has 5 aromatic rings. The molecule has 0 atom stereocenters. The van der Waals surface area contributed by atoms with Crippen LogP contribution < -0.4 is 9.62 Å². The molecule has 1 amide bonds. The van der Waals surface area contributed by atoms with Crippen LogP contribution in [0.4, 0.5) is 11.4 Å². The molecule has 1 heterocycles. The molecule has 0 saturated heterocycles. The molecule has 1 N–H and O–H groups in total. The number of fused-ring (bicyclic) bond motifs is 1. The number of halogens is 1. The van der Waals surface area contributed by atoms with Gasteiger partial charge in [-0.1, -0.05) is 39.7 Å². The van der Waals surface area contributed by atoms with Crippen molar-refractivity contribution in [3.8, 4) is 10.6 Å². The lowest BCUT2D eigenvalue weighted by Gasteiger charge is -2.24. The number of rotatable bonds is 7. The summed E-state index contributed by atoms with van der Waals surface area (Å²) in [6.07, 6.45) is 0. The van der Waals surface area contributed by atoms with Crippen LogP contribution in [-0.2, 0) is 14.8 Å². The van der Waals surface area contributed by atoms with E-state index >= 15 is 0 Å². The third-order valence-corrected chi connectivity index (χ3v) is 9.35. The van der Waals surface area contributed by atoms with Crippen molar-refractivity contribution < 1.29 is 13.2 Å². The SMILES string of the molecule is Cc1ccc(S(=O)(=O)N(CC(=O)Nc2ccc(-c3nc4ccc(C)cc4s3)cc2)c2ccc(Br)cc2)cc1.